The third kappa shape index (κ3) is 3.57. The Morgan fingerprint density at radius 2 is 1.88 bits per heavy atom. The van der Waals surface area contributed by atoms with Gasteiger partial charge >= 0.3 is 0 Å². The summed E-state index contributed by atoms with van der Waals surface area (Å²) in [7, 11) is 0. The zero-order valence-electron chi connectivity index (χ0n) is 13.9. The summed E-state index contributed by atoms with van der Waals surface area (Å²) in [5.41, 5.74) is 1.93. The van der Waals surface area contributed by atoms with Gasteiger partial charge in [0, 0.05) is 18.7 Å². The van der Waals surface area contributed by atoms with Crippen LogP contribution < -0.4 is 5.32 Å². The molecule has 0 spiro atoms. The van der Waals surface area contributed by atoms with E-state index >= 15 is 0 Å². The second-order valence-electron chi connectivity index (χ2n) is 6.15. The number of aromatic nitrogens is 2. The van der Waals surface area contributed by atoms with Gasteiger partial charge in [-0.2, -0.15) is 0 Å². The molecule has 4 rings (SSSR count). The highest BCUT2D eigenvalue weighted by molar-refractivity contribution is 7.18. The van der Waals surface area contributed by atoms with E-state index in [1.807, 2.05) is 30.3 Å². The van der Waals surface area contributed by atoms with Crippen molar-refractivity contribution in [2.45, 2.75) is 19.0 Å². The fraction of sp³-hybridized carbons (Fsp3) is 0.211. The van der Waals surface area contributed by atoms with Gasteiger partial charge in [0.1, 0.15) is 16.9 Å². The Morgan fingerprint density at radius 1 is 1.12 bits per heavy atom. The number of anilines is 1. The number of rotatable bonds is 5. The fourth-order valence-corrected chi connectivity index (χ4v) is 3.77. The lowest BCUT2D eigenvalue weighted by Crippen LogP contribution is -2.33. The van der Waals surface area contributed by atoms with E-state index in [1.54, 1.807) is 17.0 Å². The van der Waals surface area contributed by atoms with Crippen LogP contribution in [0.5, 0.6) is 0 Å². The molecule has 0 bridgehead atoms. The maximum atomic E-state index is 13.0. The number of nitrogens with zero attached hydrogens (tertiary/aromatic N) is 3. The highest BCUT2D eigenvalue weighted by Gasteiger charge is 2.32. The molecule has 7 heteroatoms. The standard InChI is InChI=1S/C19H17FN4OS/c20-15-8-6-13(7-9-15)12-24-11-10-16(18(24)25)21-19-23-22-17(26-19)14-4-2-1-3-5-14/h1-9,16H,10-12H2,(H,21,23). The zero-order valence-corrected chi connectivity index (χ0v) is 14.7. The minimum Gasteiger partial charge on any atom is -0.348 e. The van der Waals surface area contributed by atoms with Crippen molar-refractivity contribution >= 4 is 22.4 Å². The van der Waals surface area contributed by atoms with Gasteiger partial charge in [-0.25, -0.2) is 4.39 Å². The highest BCUT2D eigenvalue weighted by atomic mass is 32.1. The zero-order chi connectivity index (χ0) is 17.9. The van der Waals surface area contributed by atoms with Gasteiger partial charge in [-0.1, -0.05) is 53.8 Å². The summed E-state index contributed by atoms with van der Waals surface area (Å²) in [4.78, 5) is 14.4. The quantitative estimate of drug-likeness (QED) is 0.748. The van der Waals surface area contributed by atoms with Crippen LogP contribution in [0.25, 0.3) is 10.6 Å². The lowest BCUT2D eigenvalue weighted by molar-refractivity contribution is -0.128. The summed E-state index contributed by atoms with van der Waals surface area (Å²) in [5, 5.41) is 13.0. The molecule has 1 fully saturated rings. The van der Waals surface area contributed by atoms with E-state index in [1.165, 1.54) is 23.5 Å². The Kier molecular flexibility index (Phi) is 4.62. The fourth-order valence-electron chi connectivity index (χ4n) is 2.97. The van der Waals surface area contributed by atoms with Crippen molar-refractivity contribution in [3.63, 3.8) is 0 Å². The van der Waals surface area contributed by atoms with E-state index in [0.29, 0.717) is 24.6 Å². The van der Waals surface area contributed by atoms with Gasteiger partial charge < -0.3 is 10.2 Å². The molecule has 1 saturated heterocycles. The van der Waals surface area contributed by atoms with Gasteiger partial charge in [0.15, 0.2) is 0 Å². The normalized spacial score (nSPS) is 16.9. The molecule has 2 aromatic carbocycles. The van der Waals surface area contributed by atoms with Crippen LogP contribution in [-0.2, 0) is 11.3 Å². The van der Waals surface area contributed by atoms with Crippen LogP contribution in [-0.4, -0.2) is 33.6 Å². The number of hydrogen-bond acceptors (Lipinski definition) is 5. The van der Waals surface area contributed by atoms with Crippen LogP contribution >= 0.6 is 11.3 Å². The molecule has 3 aromatic rings. The summed E-state index contributed by atoms with van der Waals surface area (Å²) in [5.74, 6) is -0.239. The predicted molar refractivity (Wildman–Crippen MR) is 99.2 cm³/mol. The SMILES string of the molecule is O=C1C(Nc2nnc(-c3ccccc3)s2)CCN1Cc1ccc(F)cc1. The summed E-state index contributed by atoms with van der Waals surface area (Å²) in [6, 6.07) is 15.8. The molecule has 26 heavy (non-hydrogen) atoms. The van der Waals surface area contributed by atoms with E-state index in [9.17, 15) is 9.18 Å². The third-order valence-electron chi connectivity index (χ3n) is 4.33. The summed E-state index contributed by atoms with van der Waals surface area (Å²) < 4.78 is 13.0. The molecular weight excluding hydrogens is 351 g/mol. The van der Waals surface area contributed by atoms with Crippen molar-refractivity contribution in [2.75, 3.05) is 11.9 Å². The average Bonchev–Trinajstić information content (AvgIpc) is 3.27. The lowest BCUT2D eigenvalue weighted by atomic mass is 10.2. The van der Waals surface area contributed by atoms with E-state index < -0.39 is 0 Å². The monoisotopic (exact) mass is 368 g/mol. The van der Waals surface area contributed by atoms with Crippen molar-refractivity contribution in [3.05, 3.63) is 66.0 Å². The van der Waals surface area contributed by atoms with Crippen LogP contribution in [0.15, 0.2) is 54.6 Å². The maximum absolute atomic E-state index is 13.0. The Hall–Kier alpha value is -2.80. The Morgan fingerprint density at radius 3 is 2.65 bits per heavy atom. The molecule has 5 nitrogen and oxygen atoms in total. The summed E-state index contributed by atoms with van der Waals surface area (Å²) in [6.07, 6.45) is 0.709. The van der Waals surface area contributed by atoms with Crippen LogP contribution in [0.2, 0.25) is 0 Å². The first-order valence-electron chi connectivity index (χ1n) is 8.38. The van der Waals surface area contributed by atoms with Crippen molar-refractivity contribution in [3.8, 4) is 10.6 Å². The molecule has 2 heterocycles. The minimum atomic E-state index is -0.299. The largest absolute Gasteiger partial charge is 0.348 e. The molecule has 0 radical (unpaired) electrons. The maximum Gasteiger partial charge on any atom is 0.245 e. The van der Waals surface area contributed by atoms with Crippen molar-refractivity contribution in [1.29, 1.82) is 0 Å². The number of halogens is 1. The Bertz CT molecular complexity index is 897. The number of carbonyl (C=O) groups excluding carboxylic acids is 1. The molecule has 1 aliphatic rings. The molecule has 1 unspecified atom stereocenters. The van der Waals surface area contributed by atoms with Gasteiger partial charge in [0.2, 0.25) is 11.0 Å². The predicted octanol–water partition coefficient (Wildman–Crippen LogP) is 3.56. The molecule has 1 aliphatic heterocycles. The van der Waals surface area contributed by atoms with E-state index in [-0.39, 0.29) is 17.8 Å². The molecule has 1 amide bonds. The van der Waals surface area contributed by atoms with Gasteiger partial charge in [-0.3, -0.25) is 4.79 Å². The second-order valence-corrected chi connectivity index (χ2v) is 7.13. The Balaban J connectivity index is 1.39. The smallest absolute Gasteiger partial charge is 0.245 e. The van der Waals surface area contributed by atoms with Crippen LogP contribution in [0.3, 0.4) is 0 Å². The van der Waals surface area contributed by atoms with E-state index in [2.05, 4.69) is 15.5 Å². The molecule has 0 aliphatic carbocycles. The number of hydrogen-bond donors (Lipinski definition) is 1. The van der Waals surface area contributed by atoms with Crippen molar-refractivity contribution < 1.29 is 9.18 Å². The number of amides is 1. The molecule has 1 atom stereocenters. The van der Waals surface area contributed by atoms with Gasteiger partial charge in [0.05, 0.1) is 0 Å². The number of nitrogens with one attached hydrogen (secondary N) is 1. The van der Waals surface area contributed by atoms with Crippen molar-refractivity contribution in [1.82, 2.24) is 15.1 Å². The van der Waals surface area contributed by atoms with Crippen LogP contribution in [0, 0.1) is 5.82 Å². The number of likely N-dealkylation sites (tertiary alicyclic amines) is 1. The first-order valence-corrected chi connectivity index (χ1v) is 9.19. The van der Waals surface area contributed by atoms with Crippen LogP contribution in [0.4, 0.5) is 9.52 Å². The molecule has 1 N–H and O–H groups in total. The van der Waals surface area contributed by atoms with Gasteiger partial charge in [-0.05, 0) is 24.1 Å². The highest BCUT2D eigenvalue weighted by Crippen LogP contribution is 2.27. The topological polar surface area (TPSA) is 58.1 Å². The summed E-state index contributed by atoms with van der Waals surface area (Å²) >= 11 is 1.44. The second kappa shape index (κ2) is 7.21. The average molecular weight is 368 g/mol. The summed E-state index contributed by atoms with van der Waals surface area (Å²) in [6.45, 7) is 1.15. The van der Waals surface area contributed by atoms with Gasteiger partial charge in [-0.15, -0.1) is 10.2 Å². The number of carbonyl (C=O) groups is 1. The molecule has 132 valence electrons. The van der Waals surface area contributed by atoms with Gasteiger partial charge in [0.25, 0.3) is 0 Å². The lowest BCUT2D eigenvalue weighted by Gasteiger charge is -2.17. The van der Waals surface area contributed by atoms with E-state index in [0.717, 1.165) is 16.1 Å². The third-order valence-corrected chi connectivity index (χ3v) is 5.23. The first-order chi connectivity index (χ1) is 12.7. The molecule has 1 aromatic heterocycles. The van der Waals surface area contributed by atoms with Crippen molar-refractivity contribution in [2.24, 2.45) is 0 Å². The first kappa shape index (κ1) is 16.7. The van der Waals surface area contributed by atoms with Crippen LogP contribution in [0.1, 0.15) is 12.0 Å². The van der Waals surface area contributed by atoms with E-state index in [4.69, 9.17) is 0 Å². The molecule has 0 saturated carbocycles. The molecular formula is C19H17FN4OS. The number of benzene rings is 2. The Labute approximate surface area is 154 Å². The minimum absolute atomic E-state index is 0.0331.